The third-order valence-electron chi connectivity index (χ3n) is 1.62. The molecular weight excluding hydrogens is 240 g/mol. The van der Waals surface area contributed by atoms with E-state index in [2.05, 4.69) is 11.8 Å². The largest absolute Gasteiger partial charge is 0.394 e. The van der Waals surface area contributed by atoms with Crippen molar-refractivity contribution in [3.8, 4) is 0 Å². The third-order valence-corrected chi connectivity index (χ3v) is 1.62. The van der Waals surface area contributed by atoms with Crippen LogP contribution in [-0.2, 0) is 23.7 Å². The first-order chi connectivity index (χ1) is 8.83. The summed E-state index contributed by atoms with van der Waals surface area (Å²) in [5, 5.41) is 8.18. The van der Waals surface area contributed by atoms with E-state index in [9.17, 15) is 0 Å². The molecule has 0 rings (SSSR count). The summed E-state index contributed by atoms with van der Waals surface area (Å²) in [5.41, 5.74) is 0. The zero-order valence-corrected chi connectivity index (χ0v) is 11.6. The number of hydrogen-bond donors (Lipinski definition) is 1. The van der Waals surface area contributed by atoms with Crippen molar-refractivity contribution in [2.45, 2.75) is 6.92 Å². The second-order valence-electron chi connectivity index (χ2n) is 3.05. The summed E-state index contributed by atoms with van der Waals surface area (Å²) in [5.74, 6) is 0. The molecule has 1 radical (unpaired) electrons. The van der Waals surface area contributed by atoms with Gasteiger partial charge in [-0.1, -0.05) is 0 Å². The van der Waals surface area contributed by atoms with Crippen LogP contribution in [-0.4, -0.2) is 71.7 Å². The molecule has 0 bridgehead atoms. The lowest BCUT2D eigenvalue weighted by Gasteiger charge is -2.02. The van der Waals surface area contributed by atoms with Crippen molar-refractivity contribution in [3.05, 3.63) is 7.11 Å². The maximum Gasteiger partial charge on any atom is 0.0701 e. The van der Waals surface area contributed by atoms with Crippen LogP contribution in [0.5, 0.6) is 0 Å². The molecule has 0 spiro atoms. The first-order valence-electron chi connectivity index (χ1n) is 6.03. The van der Waals surface area contributed by atoms with Crippen LogP contribution in [0.4, 0.5) is 0 Å². The summed E-state index contributed by atoms with van der Waals surface area (Å²) in [7, 11) is 4.80. The second kappa shape index (κ2) is 22.0. The SMILES string of the molecule is CCOCCOCCOC.[CH2]OCCOCCO. The zero-order chi connectivity index (χ0) is 13.9. The molecule has 0 aromatic carbocycles. The van der Waals surface area contributed by atoms with E-state index < -0.39 is 0 Å². The van der Waals surface area contributed by atoms with E-state index >= 15 is 0 Å². The van der Waals surface area contributed by atoms with Gasteiger partial charge in [0.2, 0.25) is 0 Å². The molecule has 0 aliphatic rings. The Morgan fingerprint density at radius 1 is 0.833 bits per heavy atom. The predicted octanol–water partition coefficient (Wildman–Crippen LogP) is 0.489. The van der Waals surface area contributed by atoms with Crippen molar-refractivity contribution in [2.75, 3.05) is 66.6 Å². The normalized spacial score (nSPS) is 10.0. The molecule has 0 aliphatic carbocycles. The molecule has 0 fully saturated rings. The Morgan fingerprint density at radius 2 is 1.39 bits per heavy atom. The van der Waals surface area contributed by atoms with E-state index in [0.29, 0.717) is 46.2 Å². The maximum atomic E-state index is 8.18. The lowest BCUT2D eigenvalue weighted by atomic mass is 10.7. The number of methoxy groups -OCH3 is 1. The minimum Gasteiger partial charge on any atom is -0.394 e. The molecule has 0 saturated heterocycles. The molecule has 0 aromatic heterocycles. The average molecular weight is 267 g/mol. The molecule has 0 atom stereocenters. The number of rotatable bonds is 12. The molecule has 0 aliphatic heterocycles. The highest BCUT2D eigenvalue weighted by Gasteiger charge is 1.86. The molecule has 111 valence electrons. The van der Waals surface area contributed by atoms with Gasteiger partial charge in [0.1, 0.15) is 0 Å². The Morgan fingerprint density at radius 3 is 1.94 bits per heavy atom. The number of aliphatic hydroxyl groups excluding tert-OH is 1. The Bertz CT molecular complexity index is 109. The van der Waals surface area contributed by atoms with Gasteiger partial charge in [-0.15, -0.1) is 0 Å². The average Bonchev–Trinajstić information content (AvgIpc) is 2.40. The fraction of sp³-hybridized carbons (Fsp3) is 0.917. The zero-order valence-electron chi connectivity index (χ0n) is 11.6. The first-order valence-corrected chi connectivity index (χ1v) is 6.03. The molecule has 0 saturated carbocycles. The van der Waals surface area contributed by atoms with Crippen LogP contribution in [0, 0.1) is 7.11 Å². The highest BCUT2D eigenvalue weighted by Crippen LogP contribution is 1.78. The van der Waals surface area contributed by atoms with Crippen molar-refractivity contribution < 1.29 is 28.8 Å². The van der Waals surface area contributed by atoms with Crippen LogP contribution in [0.1, 0.15) is 6.92 Å². The van der Waals surface area contributed by atoms with Gasteiger partial charge < -0.3 is 28.8 Å². The molecule has 6 nitrogen and oxygen atoms in total. The lowest BCUT2D eigenvalue weighted by molar-refractivity contribution is 0.0280. The Kier molecular flexibility index (Phi) is 24.5. The summed E-state index contributed by atoms with van der Waals surface area (Å²) in [6, 6.07) is 0. The van der Waals surface area contributed by atoms with Crippen LogP contribution >= 0.6 is 0 Å². The third kappa shape index (κ3) is 24.8. The number of aliphatic hydroxyl groups is 1. The van der Waals surface area contributed by atoms with Crippen molar-refractivity contribution >= 4 is 0 Å². The Labute approximate surface area is 110 Å². The highest BCUT2D eigenvalue weighted by molar-refractivity contribution is 4.29. The van der Waals surface area contributed by atoms with E-state index in [-0.39, 0.29) is 6.61 Å². The van der Waals surface area contributed by atoms with E-state index in [0.717, 1.165) is 6.61 Å². The summed E-state index contributed by atoms with van der Waals surface area (Å²) in [6.45, 7) is 6.82. The highest BCUT2D eigenvalue weighted by atomic mass is 16.5. The molecule has 0 unspecified atom stereocenters. The van der Waals surface area contributed by atoms with Crippen LogP contribution in [0.2, 0.25) is 0 Å². The van der Waals surface area contributed by atoms with Gasteiger partial charge in [0.25, 0.3) is 0 Å². The van der Waals surface area contributed by atoms with E-state index in [1.807, 2.05) is 6.92 Å². The van der Waals surface area contributed by atoms with Gasteiger partial charge in [0, 0.05) is 13.7 Å². The fourth-order valence-corrected chi connectivity index (χ4v) is 0.791. The van der Waals surface area contributed by atoms with Gasteiger partial charge in [-0.3, -0.25) is 0 Å². The number of hydrogen-bond acceptors (Lipinski definition) is 6. The molecule has 18 heavy (non-hydrogen) atoms. The molecule has 0 heterocycles. The molecule has 0 amide bonds. The standard InChI is InChI=1S/C7H16O3.C5H11O3/c1-3-9-6-7-10-5-4-8-2;1-7-4-5-8-3-2-6/h3-7H2,1-2H3;6H,1-5H2. The van der Waals surface area contributed by atoms with Crippen LogP contribution in [0.15, 0.2) is 0 Å². The molecule has 6 heteroatoms. The summed E-state index contributed by atoms with van der Waals surface area (Å²) < 4.78 is 24.2. The van der Waals surface area contributed by atoms with Crippen LogP contribution < -0.4 is 0 Å². The molecule has 1 N–H and O–H groups in total. The number of ether oxygens (including phenoxy) is 5. The van der Waals surface area contributed by atoms with Gasteiger partial charge in [-0.2, -0.15) is 0 Å². The fourth-order valence-electron chi connectivity index (χ4n) is 0.791. The van der Waals surface area contributed by atoms with Gasteiger partial charge in [-0.25, -0.2) is 0 Å². The van der Waals surface area contributed by atoms with Gasteiger partial charge >= 0.3 is 0 Å². The molecular formula is C12H27O6. The smallest absolute Gasteiger partial charge is 0.0701 e. The van der Waals surface area contributed by atoms with Crippen molar-refractivity contribution in [3.63, 3.8) is 0 Å². The Balaban J connectivity index is 0. The minimum absolute atomic E-state index is 0.0666. The second-order valence-corrected chi connectivity index (χ2v) is 3.05. The van der Waals surface area contributed by atoms with Crippen molar-refractivity contribution in [1.29, 1.82) is 0 Å². The van der Waals surface area contributed by atoms with Crippen LogP contribution in [0.25, 0.3) is 0 Å². The van der Waals surface area contributed by atoms with E-state index in [1.54, 1.807) is 7.11 Å². The molecule has 0 aromatic rings. The van der Waals surface area contributed by atoms with Gasteiger partial charge in [-0.05, 0) is 6.92 Å². The van der Waals surface area contributed by atoms with Crippen molar-refractivity contribution in [1.82, 2.24) is 0 Å². The quantitative estimate of drug-likeness (QED) is 0.519. The first kappa shape index (κ1) is 20.1. The monoisotopic (exact) mass is 267 g/mol. The lowest BCUT2D eigenvalue weighted by Crippen LogP contribution is -2.07. The van der Waals surface area contributed by atoms with Crippen LogP contribution in [0.3, 0.4) is 0 Å². The maximum absolute atomic E-state index is 8.18. The van der Waals surface area contributed by atoms with Gasteiger partial charge in [0.05, 0.1) is 60.0 Å². The topological polar surface area (TPSA) is 66.4 Å². The van der Waals surface area contributed by atoms with Gasteiger partial charge in [0.15, 0.2) is 0 Å². The van der Waals surface area contributed by atoms with E-state index in [4.69, 9.17) is 24.1 Å². The summed E-state index contributed by atoms with van der Waals surface area (Å²) in [4.78, 5) is 0. The predicted molar refractivity (Wildman–Crippen MR) is 68.4 cm³/mol. The van der Waals surface area contributed by atoms with E-state index in [1.165, 1.54) is 0 Å². The minimum atomic E-state index is 0.0666. The summed E-state index contributed by atoms with van der Waals surface area (Å²) in [6.07, 6.45) is 0. The Hall–Kier alpha value is -0.240. The summed E-state index contributed by atoms with van der Waals surface area (Å²) >= 11 is 0. The van der Waals surface area contributed by atoms with Crippen molar-refractivity contribution in [2.24, 2.45) is 0 Å².